The molecule has 0 saturated carbocycles. The van der Waals surface area contributed by atoms with E-state index in [1.807, 2.05) is 6.07 Å². The first kappa shape index (κ1) is 12.1. The first-order valence-electron chi connectivity index (χ1n) is 6.52. The number of furan rings is 1. The fourth-order valence-corrected chi connectivity index (χ4v) is 3.12. The van der Waals surface area contributed by atoms with E-state index < -0.39 is 5.97 Å². The topological polar surface area (TPSA) is 59.7 Å². The molecule has 1 heterocycles. The van der Waals surface area contributed by atoms with Gasteiger partial charge in [0.05, 0.1) is 7.11 Å². The highest BCUT2D eigenvalue weighted by Gasteiger charge is 2.31. The molecule has 0 amide bonds. The van der Waals surface area contributed by atoms with Gasteiger partial charge in [0.1, 0.15) is 11.3 Å². The molecule has 1 aromatic carbocycles. The fraction of sp³-hybridized carbons (Fsp3) is 0.400. The summed E-state index contributed by atoms with van der Waals surface area (Å²) in [5, 5.41) is 10.3. The van der Waals surface area contributed by atoms with E-state index in [0.29, 0.717) is 5.58 Å². The Morgan fingerprint density at radius 1 is 1.53 bits per heavy atom. The van der Waals surface area contributed by atoms with E-state index in [4.69, 9.17) is 9.15 Å². The van der Waals surface area contributed by atoms with Gasteiger partial charge in [-0.05, 0) is 37.3 Å². The van der Waals surface area contributed by atoms with Crippen LogP contribution in [0.25, 0.3) is 11.0 Å². The number of ether oxygens (including phenoxy) is 1. The third-order valence-electron chi connectivity index (χ3n) is 4.02. The number of carboxylic acids is 1. The van der Waals surface area contributed by atoms with E-state index in [-0.39, 0.29) is 11.7 Å². The second-order valence-corrected chi connectivity index (χ2v) is 4.91. The standard InChI is InChI=1S/C15H16O4/c1-3-8-4-5-9-10(18-2)6-7-11-13(9)12(8)14(19-11)15(16)17/h6-8H,3-5H2,1-2H3,(H,16,17). The molecule has 100 valence electrons. The minimum atomic E-state index is -0.989. The van der Waals surface area contributed by atoms with Crippen molar-refractivity contribution in [2.75, 3.05) is 7.11 Å². The Balaban J connectivity index is 2.38. The summed E-state index contributed by atoms with van der Waals surface area (Å²) in [6, 6.07) is 3.65. The van der Waals surface area contributed by atoms with Crippen LogP contribution in [0.4, 0.5) is 0 Å². The minimum absolute atomic E-state index is 0.0936. The van der Waals surface area contributed by atoms with Crippen LogP contribution in [0.1, 0.15) is 47.4 Å². The molecule has 1 atom stereocenters. The quantitative estimate of drug-likeness (QED) is 0.916. The number of methoxy groups -OCH3 is 1. The van der Waals surface area contributed by atoms with Gasteiger partial charge in [-0.3, -0.25) is 0 Å². The number of carboxylic acid groups (broad SMARTS) is 1. The average Bonchev–Trinajstić information content (AvgIpc) is 2.81. The molecule has 0 radical (unpaired) electrons. The predicted molar refractivity (Wildman–Crippen MR) is 71.1 cm³/mol. The van der Waals surface area contributed by atoms with Crippen molar-refractivity contribution in [3.8, 4) is 5.75 Å². The van der Waals surface area contributed by atoms with Crippen LogP contribution in [0.15, 0.2) is 16.5 Å². The largest absolute Gasteiger partial charge is 0.496 e. The monoisotopic (exact) mass is 260 g/mol. The summed E-state index contributed by atoms with van der Waals surface area (Å²) < 4.78 is 10.9. The molecule has 4 nitrogen and oxygen atoms in total. The maximum atomic E-state index is 11.4. The van der Waals surface area contributed by atoms with Gasteiger partial charge < -0.3 is 14.3 Å². The van der Waals surface area contributed by atoms with E-state index in [0.717, 1.165) is 41.5 Å². The summed E-state index contributed by atoms with van der Waals surface area (Å²) in [5.41, 5.74) is 2.59. The Morgan fingerprint density at radius 2 is 2.32 bits per heavy atom. The number of rotatable bonds is 3. The number of carbonyl (C=O) groups is 1. The Kier molecular flexibility index (Phi) is 2.73. The van der Waals surface area contributed by atoms with Gasteiger partial charge in [-0.15, -0.1) is 0 Å². The molecule has 4 heteroatoms. The zero-order valence-electron chi connectivity index (χ0n) is 11.0. The molecule has 0 saturated heterocycles. The first-order chi connectivity index (χ1) is 9.17. The Bertz CT molecular complexity index is 654. The van der Waals surface area contributed by atoms with E-state index in [1.165, 1.54) is 0 Å². The summed E-state index contributed by atoms with van der Waals surface area (Å²) >= 11 is 0. The SMILES string of the molecule is CCC1CCc2c(OC)ccc3oc(C(=O)O)c1c23. The first-order valence-corrected chi connectivity index (χ1v) is 6.52. The summed E-state index contributed by atoms with van der Waals surface area (Å²) in [6.45, 7) is 2.08. The van der Waals surface area contributed by atoms with E-state index in [9.17, 15) is 9.90 Å². The highest BCUT2D eigenvalue weighted by Crippen LogP contribution is 2.45. The molecule has 1 aliphatic carbocycles. The van der Waals surface area contributed by atoms with Crippen molar-refractivity contribution < 1.29 is 19.1 Å². The highest BCUT2D eigenvalue weighted by atomic mass is 16.5. The number of aryl methyl sites for hydroxylation is 1. The van der Waals surface area contributed by atoms with Crippen molar-refractivity contribution in [3.05, 3.63) is 29.0 Å². The molecular formula is C15H16O4. The Labute approximate surface area is 111 Å². The fourth-order valence-electron chi connectivity index (χ4n) is 3.12. The summed E-state index contributed by atoms with van der Waals surface area (Å²) in [4.78, 5) is 11.4. The number of hydrogen-bond donors (Lipinski definition) is 1. The molecular weight excluding hydrogens is 244 g/mol. The molecule has 3 rings (SSSR count). The molecule has 1 aliphatic rings. The summed E-state index contributed by atoms with van der Waals surface area (Å²) in [5.74, 6) is 0.181. The molecule has 0 bridgehead atoms. The maximum Gasteiger partial charge on any atom is 0.372 e. The molecule has 2 aromatic rings. The zero-order valence-corrected chi connectivity index (χ0v) is 11.0. The molecule has 1 N–H and O–H groups in total. The van der Waals surface area contributed by atoms with Gasteiger partial charge in [-0.2, -0.15) is 0 Å². The van der Waals surface area contributed by atoms with Gasteiger partial charge in [0.25, 0.3) is 0 Å². The third-order valence-corrected chi connectivity index (χ3v) is 4.02. The van der Waals surface area contributed by atoms with Gasteiger partial charge in [0.2, 0.25) is 5.76 Å². The van der Waals surface area contributed by atoms with Gasteiger partial charge in [-0.1, -0.05) is 6.92 Å². The second-order valence-electron chi connectivity index (χ2n) is 4.91. The predicted octanol–water partition coefficient (Wildman–Crippen LogP) is 3.58. The van der Waals surface area contributed by atoms with Crippen molar-refractivity contribution in [1.82, 2.24) is 0 Å². The Morgan fingerprint density at radius 3 is 2.95 bits per heavy atom. The van der Waals surface area contributed by atoms with Crippen LogP contribution < -0.4 is 4.74 Å². The lowest BCUT2D eigenvalue weighted by Gasteiger charge is -2.22. The smallest absolute Gasteiger partial charge is 0.372 e. The van der Waals surface area contributed by atoms with Gasteiger partial charge in [-0.25, -0.2) is 4.79 Å². The van der Waals surface area contributed by atoms with Crippen LogP contribution in [0, 0.1) is 0 Å². The average molecular weight is 260 g/mol. The second kappa shape index (κ2) is 4.30. The molecule has 19 heavy (non-hydrogen) atoms. The Hall–Kier alpha value is -1.97. The molecule has 1 aromatic heterocycles. The van der Waals surface area contributed by atoms with Crippen molar-refractivity contribution in [2.45, 2.75) is 32.1 Å². The highest BCUT2D eigenvalue weighted by molar-refractivity contribution is 5.98. The van der Waals surface area contributed by atoms with Crippen molar-refractivity contribution in [1.29, 1.82) is 0 Å². The lowest BCUT2D eigenvalue weighted by molar-refractivity contribution is 0.0662. The van der Waals surface area contributed by atoms with E-state index >= 15 is 0 Å². The maximum absolute atomic E-state index is 11.4. The lowest BCUT2D eigenvalue weighted by Crippen LogP contribution is -2.11. The van der Waals surface area contributed by atoms with Crippen LogP contribution in [-0.4, -0.2) is 18.2 Å². The zero-order chi connectivity index (χ0) is 13.6. The van der Waals surface area contributed by atoms with E-state index in [2.05, 4.69) is 6.92 Å². The van der Waals surface area contributed by atoms with Gasteiger partial charge in [0, 0.05) is 16.5 Å². The molecule has 0 aliphatic heterocycles. The van der Waals surface area contributed by atoms with Crippen LogP contribution in [0.2, 0.25) is 0 Å². The number of hydrogen-bond acceptors (Lipinski definition) is 3. The van der Waals surface area contributed by atoms with Crippen molar-refractivity contribution in [3.63, 3.8) is 0 Å². The van der Waals surface area contributed by atoms with Crippen LogP contribution in [0.5, 0.6) is 5.75 Å². The van der Waals surface area contributed by atoms with Crippen molar-refractivity contribution in [2.24, 2.45) is 0 Å². The molecule has 1 unspecified atom stereocenters. The number of benzene rings is 1. The van der Waals surface area contributed by atoms with Crippen molar-refractivity contribution >= 4 is 16.9 Å². The van der Waals surface area contributed by atoms with Crippen LogP contribution in [0.3, 0.4) is 0 Å². The normalized spacial score (nSPS) is 17.7. The third kappa shape index (κ3) is 1.63. The summed E-state index contributed by atoms with van der Waals surface area (Å²) in [7, 11) is 1.64. The van der Waals surface area contributed by atoms with Gasteiger partial charge >= 0.3 is 5.97 Å². The minimum Gasteiger partial charge on any atom is -0.496 e. The van der Waals surface area contributed by atoms with Gasteiger partial charge in [0.15, 0.2) is 0 Å². The molecule has 0 fully saturated rings. The van der Waals surface area contributed by atoms with Crippen LogP contribution in [-0.2, 0) is 6.42 Å². The molecule has 0 spiro atoms. The lowest BCUT2D eigenvalue weighted by atomic mass is 9.81. The summed E-state index contributed by atoms with van der Waals surface area (Å²) in [6.07, 6.45) is 2.77. The number of aromatic carboxylic acids is 1. The van der Waals surface area contributed by atoms with E-state index in [1.54, 1.807) is 13.2 Å². The van der Waals surface area contributed by atoms with Crippen LogP contribution >= 0.6 is 0 Å².